The Bertz CT molecular complexity index is 1140. The third-order valence-corrected chi connectivity index (χ3v) is 8.46. The van der Waals surface area contributed by atoms with Crippen LogP contribution in [0, 0.1) is 0 Å². The van der Waals surface area contributed by atoms with Gasteiger partial charge in [-0.2, -0.15) is 4.31 Å². The standard InChI is InChI=1S/C23H25BrN2O6S/c24-18-6-9-21-17(14-18)15-32-23(29)26(21)19-10-12-25(13-11-19)33(30,31)20-7-4-16(5-8-20)2-1-3-22(27)28/h4-9,14,19H,1-3,10-13,15H2,(H,27,28). The second-order valence-electron chi connectivity index (χ2n) is 8.22. The van der Waals surface area contributed by atoms with Crippen LogP contribution in [-0.2, 0) is 32.6 Å². The zero-order valence-corrected chi connectivity index (χ0v) is 20.3. The molecule has 0 unspecified atom stereocenters. The van der Waals surface area contributed by atoms with Crippen molar-refractivity contribution in [2.24, 2.45) is 0 Å². The Morgan fingerprint density at radius 1 is 1.12 bits per heavy atom. The maximum absolute atomic E-state index is 13.1. The molecule has 1 amide bonds. The number of carboxylic acid groups (broad SMARTS) is 1. The third-order valence-electron chi connectivity index (χ3n) is 6.05. The third kappa shape index (κ3) is 5.23. The van der Waals surface area contributed by atoms with Crippen LogP contribution >= 0.6 is 15.9 Å². The summed E-state index contributed by atoms with van der Waals surface area (Å²) in [5.74, 6) is -0.841. The van der Waals surface area contributed by atoms with Gasteiger partial charge in [-0.05, 0) is 61.6 Å². The lowest BCUT2D eigenvalue weighted by atomic mass is 10.0. The number of hydrogen-bond acceptors (Lipinski definition) is 5. The summed E-state index contributed by atoms with van der Waals surface area (Å²) in [6.45, 7) is 0.843. The molecule has 176 valence electrons. The van der Waals surface area contributed by atoms with E-state index in [1.807, 2.05) is 18.2 Å². The number of hydrogen-bond donors (Lipinski definition) is 1. The van der Waals surface area contributed by atoms with Crippen molar-refractivity contribution in [3.63, 3.8) is 0 Å². The van der Waals surface area contributed by atoms with Gasteiger partial charge in [-0.1, -0.05) is 28.1 Å². The van der Waals surface area contributed by atoms with E-state index in [-0.39, 0.29) is 24.0 Å². The Kier molecular flexibility index (Phi) is 7.06. The zero-order valence-electron chi connectivity index (χ0n) is 17.9. The highest BCUT2D eigenvalue weighted by molar-refractivity contribution is 9.10. The van der Waals surface area contributed by atoms with Crippen molar-refractivity contribution in [3.05, 3.63) is 58.1 Å². The molecule has 0 saturated carbocycles. The number of piperidine rings is 1. The normalized spacial score (nSPS) is 17.5. The molecule has 1 fully saturated rings. The molecule has 0 radical (unpaired) electrons. The highest BCUT2D eigenvalue weighted by Crippen LogP contribution is 2.34. The van der Waals surface area contributed by atoms with Gasteiger partial charge < -0.3 is 9.84 Å². The summed E-state index contributed by atoms with van der Waals surface area (Å²) in [6.07, 6.45) is 1.80. The van der Waals surface area contributed by atoms with Crippen LogP contribution in [0.3, 0.4) is 0 Å². The quantitative estimate of drug-likeness (QED) is 0.569. The molecule has 1 N–H and O–H groups in total. The second-order valence-corrected chi connectivity index (χ2v) is 11.1. The number of carboxylic acids is 1. The van der Waals surface area contributed by atoms with Crippen molar-refractivity contribution in [1.29, 1.82) is 0 Å². The van der Waals surface area contributed by atoms with Crippen molar-refractivity contribution in [1.82, 2.24) is 4.31 Å². The van der Waals surface area contributed by atoms with Crippen molar-refractivity contribution in [2.45, 2.75) is 49.6 Å². The van der Waals surface area contributed by atoms with Gasteiger partial charge in [0.05, 0.1) is 10.6 Å². The number of nitrogens with zero attached hydrogens (tertiary/aromatic N) is 2. The van der Waals surface area contributed by atoms with Crippen LogP contribution in [0.1, 0.15) is 36.8 Å². The molecule has 0 bridgehead atoms. The number of aliphatic carboxylic acids is 1. The lowest BCUT2D eigenvalue weighted by Crippen LogP contribution is -2.50. The first-order chi connectivity index (χ1) is 15.8. The lowest BCUT2D eigenvalue weighted by molar-refractivity contribution is -0.137. The number of ether oxygens (including phenoxy) is 1. The van der Waals surface area contributed by atoms with Crippen molar-refractivity contribution in [3.8, 4) is 0 Å². The number of aryl methyl sites for hydroxylation is 1. The molecule has 2 aliphatic rings. The molecule has 8 nitrogen and oxygen atoms in total. The maximum Gasteiger partial charge on any atom is 0.414 e. The van der Waals surface area contributed by atoms with Crippen LogP contribution in [0.4, 0.5) is 10.5 Å². The number of cyclic esters (lactones) is 1. The number of benzene rings is 2. The number of fused-ring (bicyclic) bond motifs is 1. The number of sulfonamides is 1. The van der Waals surface area contributed by atoms with Gasteiger partial charge in [-0.25, -0.2) is 13.2 Å². The van der Waals surface area contributed by atoms with Crippen molar-refractivity contribution >= 4 is 43.7 Å². The number of carbonyl (C=O) groups is 2. The number of rotatable bonds is 7. The summed E-state index contributed by atoms with van der Waals surface area (Å²) >= 11 is 3.44. The molecule has 0 atom stereocenters. The molecule has 0 aromatic heterocycles. The van der Waals surface area contributed by atoms with Crippen molar-refractivity contribution in [2.75, 3.05) is 18.0 Å². The van der Waals surface area contributed by atoms with Crippen LogP contribution in [0.15, 0.2) is 51.8 Å². The minimum Gasteiger partial charge on any atom is -0.481 e. The monoisotopic (exact) mass is 536 g/mol. The predicted octanol–water partition coefficient (Wildman–Crippen LogP) is 4.17. The first-order valence-corrected chi connectivity index (χ1v) is 13.0. The van der Waals surface area contributed by atoms with Gasteiger partial charge in [0, 0.05) is 35.6 Å². The molecule has 2 aliphatic heterocycles. The largest absolute Gasteiger partial charge is 0.481 e. The van der Waals surface area contributed by atoms with Crippen LogP contribution in [0.25, 0.3) is 0 Å². The maximum atomic E-state index is 13.1. The average Bonchev–Trinajstić information content (AvgIpc) is 2.79. The Hall–Kier alpha value is -2.43. The number of halogens is 1. The summed E-state index contributed by atoms with van der Waals surface area (Å²) in [5.41, 5.74) is 2.64. The van der Waals surface area contributed by atoms with E-state index in [1.54, 1.807) is 29.2 Å². The van der Waals surface area contributed by atoms with Gasteiger partial charge in [0.2, 0.25) is 10.0 Å². The highest BCUT2D eigenvalue weighted by atomic mass is 79.9. The van der Waals surface area contributed by atoms with E-state index in [1.165, 1.54) is 4.31 Å². The van der Waals surface area contributed by atoms with E-state index in [0.29, 0.717) is 38.8 Å². The van der Waals surface area contributed by atoms with E-state index in [4.69, 9.17) is 9.84 Å². The molecular weight excluding hydrogens is 512 g/mol. The molecular formula is C23H25BrN2O6S. The molecule has 4 rings (SSSR count). The van der Waals surface area contributed by atoms with Crippen molar-refractivity contribution < 1.29 is 27.9 Å². The van der Waals surface area contributed by atoms with Gasteiger partial charge in [0.1, 0.15) is 6.61 Å². The summed E-state index contributed by atoms with van der Waals surface area (Å²) in [5, 5.41) is 8.75. The van der Waals surface area contributed by atoms with Crippen LogP contribution < -0.4 is 4.90 Å². The van der Waals surface area contributed by atoms with Gasteiger partial charge in [0.15, 0.2) is 0 Å². The summed E-state index contributed by atoms with van der Waals surface area (Å²) < 4.78 is 34.0. The first-order valence-electron chi connectivity index (χ1n) is 10.8. The minimum absolute atomic E-state index is 0.0846. The Labute approximate surface area is 201 Å². The Morgan fingerprint density at radius 3 is 2.48 bits per heavy atom. The smallest absolute Gasteiger partial charge is 0.414 e. The molecule has 0 aliphatic carbocycles. The highest BCUT2D eigenvalue weighted by Gasteiger charge is 2.37. The SMILES string of the molecule is O=C(O)CCCc1ccc(S(=O)(=O)N2CCC(N3C(=O)OCc4cc(Br)ccc43)CC2)cc1. The average molecular weight is 537 g/mol. The summed E-state index contributed by atoms with van der Waals surface area (Å²) in [6, 6.07) is 12.2. The fourth-order valence-corrected chi connectivity index (χ4v) is 6.20. The fraction of sp³-hybridized carbons (Fsp3) is 0.391. The number of amides is 1. The van der Waals surface area contributed by atoms with Gasteiger partial charge in [-0.3, -0.25) is 9.69 Å². The summed E-state index contributed by atoms with van der Waals surface area (Å²) in [7, 11) is -3.65. The Balaban J connectivity index is 1.41. The van der Waals surface area contributed by atoms with Crippen LogP contribution in [-0.4, -0.2) is 49.0 Å². The zero-order chi connectivity index (χ0) is 23.6. The number of carbonyl (C=O) groups excluding carboxylic acids is 1. The molecule has 33 heavy (non-hydrogen) atoms. The van der Waals surface area contributed by atoms with E-state index in [2.05, 4.69) is 15.9 Å². The summed E-state index contributed by atoms with van der Waals surface area (Å²) in [4.78, 5) is 25.0. The lowest BCUT2D eigenvalue weighted by Gasteiger charge is -2.39. The molecule has 2 aromatic rings. The molecule has 2 aromatic carbocycles. The molecule has 1 saturated heterocycles. The van der Waals surface area contributed by atoms with E-state index in [9.17, 15) is 18.0 Å². The number of anilines is 1. The second kappa shape index (κ2) is 9.82. The van der Waals surface area contributed by atoms with E-state index >= 15 is 0 Å². The first kappa shape index (κ1) is 23.7. The van der Waals surface area contributed by atoms with E-state index in [0.717, 1.165) is 21.3 Å². The molecule has 2 heterocycles. The molecule has 10 heteroatoms. The Morgan fingerprint density at radius 2 is 1.82 bits per heavy atom. The van der Waals surface area contributed by atoms with Gasteiger partial charge >= 0.3 is 12.1 Å². The van der Waals surface area contributed by atoms with E-state index < -0.39 is 22.1 Å². The molecule has 0 spiro atoms. The van der Waals surface area contributed by atoms with Crippen LogP contribution in [0.5, 0.6) is 0 Å². The van der Waals surface area contributed by atoms with Crippen LogP contribution in [0.2, 0.25) is 0 Å². The minimum atomic E-state index is -3.65. The van der Waals surface area contributed by atoms with Gasteiger partial charge in [-0.15, -0.1) is 0 Å². The fourth-order valence-electron chi connectivity index (χ4n) is 4.32. The topological polar surface area (TPSA) is 104 Å². The van der Waals surface area contributed by atoms with Gasteiger partial charge in [0.25, 0.3) is 0 Å². The predicted molar refractivity (Wildman–Crippen MR) is 126 cm³/mol.